The summed E-state index contributed by atoms with van der Waals surface area (Å²) in [4.78, 5) is 6.91. The van der Waals surface area contributed by atoms with Crippen molar-refractivity contribution in [1.29, 1.82) is 0 Å². The Morgan fingerprint density at radius 1 is 1.52 bits per heavy atom. The second-order valence-electron chi connectivity index (χ2n) is 4.31. The van der Waals surface area contributed by atoms with Gasteiger partial charge in [-0.05, 0) is 12.1 Å². The number of sulfonamides is 1. The molecule has 0 saturated heterocycles. The smallest absolute Gasteiger partial charge is 0.244 e. The number of aromatic amines is 1. The zero-order valence-electron chi connectivity index (χ0n) is 11.1. The molecule has 0 saturated carbocycles. The summed E-state index contributed by atoms with van der Waals surface area (Å²) < 4.78 is 26.3. The maximum Gasteiger partial charge on any atom is 0.244 e. The average molecular weight is 345 g/mol. The van der Waals surface area contributed by atoms with E-state index < -0.39 is 10.0 Å². The van der Waals surface area contributed by atoms with Crippen molar-refractivity contribution >= 4 is 38.8 Å². The molecule has 0 fully saturated rings. The van der Waals surface area contributed by atoms with Gasteiger partial charge >= 0.3 is 0 Å². The van der Waals surface area contributed by atoms with E-state index in [9.17, 15) is 8.42 Å². The van der Waals surface area contributed by atoms with Crippen LogP contribution in [0.1, 0.15) is 11.4 Å². The van der Waals surface area contributed by atoms with Crippen LogP contribution in [0.4, 0.5) is 0 Å². The second kappa shape index (κ2) is 6.10. The van der Waals surface area contributed by atoms with E-state index in [1.807, 2.05) is 0 Å². The lowest BCUT2D eigenvalue weighted by molar-refractivity contribution is 0.458. The second-order valence-corrected chi connectivity index (χ2v) is 7.17. The van der Waals surface area contributed by atoms with Gasteiger partial charge in [-0.3, -0.25) is 0 Å². The lowest BCUT2D eigenvalue weighted by atomic mass is 10.2. The van der Waals surface area contributed by atoms with Crippen molar-refractivity contribution in [2.75, 3.05) is 7.05 Å². The van der Waals surface area contributed by atoms with Gasteiger partial charge in [-0.1, -0.05) is 29.9 Å². The van der Waals surface area contributed by atoms with Crippen LogP contribution in [0.5, 0.6) is 0 Å². The summed E-state index contributed by atoms with van der Waals surface area (Å²) in [6.45, 7) is 0.100. The molecule has 0 radical (unpaired) electrons. The van der Waals surface area contributed by atoms with Gasteiger partial charge in [-0.15, -0.1) is 0 Å². The van der Waals surface area contributed by atoms with Gasteiger partial charge in [-0.25, -0.2) is 13.4 Å². The molecular formula is C12H13ClN4O2S2. The number of nitrogens with zero attached hydrogens (tertiary/aromatic N) is 2. The van der Waals surface area contributed by atoms with Crippen molar-refractivity contribution in [3.8, 4) is 0 Å². The number of rotatable bonds is 5. The third kappa shape index (κ3) is 3.41. The SMILES string of the molecule is CN(Cc1ncc[nH]1)S(=O)(=O)c1cc(C(N)=S)ccc1Cl. The van der Waals surface area contributed by atoms with Crippen molar-refractivity contribution in [3.05, 3.63) is 47.0 Å². The molecule has 0 bridgehead atoms. The fourth-order valence-electron chi connectivity index (χ4n) is 1.70. The van der Waals surface area contributed by atoms with Gasteiger partial charge < -0.3 is 10.7 Å². The summed E-state index contributed by atoms with van der Waals surface area (Å²) in [5, 5.41) is 0.112. The van der Waals surface area contributed by atoms with E-state index in [1.165, 1.54) is 19.2 Å². The molecule has 112 valence electrons. The van der Waals surface area contributed by atoms with Crippen LogP contribution < -0.4 is 5.73 Å². The van der Waals surface area contributed by atoms with Crippen molar-refractivity contribution in [3.63, 3.8) is 0 Å². The Labute approximate surface area is 133 Å². The lowest BCUT2D eigenvalue weighted by Gasteiger charge is -2.17. The van der Waals surface area contributed by atoms with Crippen molar-refractivity contribution in [2.45, 2.75) is 11.4 Å². The van der Waals surface area contributed by atoms with Gasteiger partial charge in [0.05, 0.1) is 11.6 Å². The van der Waals surface area contributed by atoms with Crippen molar-refractivity contribution in [2.24, 2.45) is 5.73 Å². The molecule has 0 aliphatic rings. The van der Waals surface area contributed by atoms with E-state index in [0.29, 0.717) is 11.4 Å². The number of H-pyrrole nitrogens is 1. The minimum Gasteiger partial charge on any atom is -0.389 e. The van der Waals surface area contributed by atoms with Gasteiger partial charge in [0.1, 0.15) is 15.7 Å². The molecule has 1 aromatic heterocycles. The third-order valence-corrected chi connectivity index (χ3v) is 5.35. The highest BCUT2D eigenvalue weighted by molar-refractivity contribution is 7.89. The highest BCUT2D eigenvalue weighted by atomic mass is 35.5. The first kappa shape index (κ1) is 15.9. The standard InChI is InChI=1S/C12H13ClN4O2S2/c1-17(7-11-15-4-5-16-11)21(18,19)10-6-8(12(14)20)2-3-9(10)13/h2-6H,7H2,1H3,(H2,14,20)(H,15,16). The number of nitrogens with two attached hydrogens (primary N) is 1. The Balaban J connectivity index is 2.38. The van der Waals surface area contributed by atoms with Gasteiger partial charge in [0.15, 0.2) is 0 Å². The molecule has 0 amide bonds. The number of hydrogen-bond donors (Lipinski definition) is 2. The summed E-state index contributed by atoms with van der Waals surface area (Å²) in [5.41, 5.74) is 5.97. The quantitative estimate of drug-likeness (QED) is 0.802. The van der Waals surface area contributed by atoms with Crippen molar-refractivity contribution < 1.29 is 8.42 Å². The summed E-state index contributed by atoms with van der Waals surface area (Å²) in [5.74, 6) is 0.530. The van der Waals surface area contributed by atoms with E-state index in [1.54, 1.807) is 18.5 Å². The van der Waals surface area contributed by atoms with Gasteiger partial charge in [-0.2, -0.15) is 4.31 Å². The lowest BCUT2D eigenvalue weighted by Crippen LogP contribution is -2.27. The Bertz CT molecular complexity index is 760. The van der Waals surface area contributed by atoms with Crippen molar-refractivity contribution in [1.82, 2.24) is 14.3 Å². The monoisotopic (exact) mass is 344 g/mol. The minimum atomic E-state index is -3.78. The van der Waals surface area contributed by atoms with Crippen LogP contribution in [0.15, 0.2) is 35.5 Å². The molecule has 2 rings (SSSR count). The van der Waals surface area contributed by atoms with E-state index in [-0.39, 0.29) is 21.5 Å². The minimum absolute atomic E-state index is 0.0384. The van der Waals surface area contributed by atoms with Crippen LogP contribution >= 0.6 is 23.8 Å². The Kier molecular flexibility index (Phi) is 4.62. The Morgan fingerprint density at radius 2 is 2.24 bits per heavy atom. The molecule has 1 aromatic carbocycles. The third-order valence-electron chi connectivity index (χ3n) is 2.83. The molecule has 0 spiro atoms. The Hall–Kier alpha value is -1.48. The predicted molar refractivity (Wildman–Crippen MR) is 84.6 cm³/mol. The number of imidazole rings is 1. The zero-order chi connectivity index (χ0) is 15.6. The van der Waals surface area contributed by atoms with Crippen LogP contribution in [-0.2, 0) is 16.6 Å². The van der Waals surface area contributed by atoms with Gasteiger partial charge in [0.2, 0.25) is 10.0 Å². The Morgan fingerprint density at radius 3 is 2.81 bits per heavy atom. The normalized spacial score (nSPS) is 11.8. The molecular weight excluding hydrogens is 332 g/mol. The van der Waals surface area contributed by atoms with Crippen LogP contribution in [0, 0.1) is 0 Å². The fourth-order valence-corrected chi connectivity index (χ4v) is 3.46. The first-order chi connectivity index (χ1) is 9.82. The highest BCUT2D eigenvalue weighted by Crippen LogP contribution is 2.25. The molecule has 0 aliphatic carbocycles. The predicted octanol–water partition coefficient (Wildman–Crippen LogP) is 1.52. The van der Waals surface area contributed by atoms with E-state index in [0.717, 1.165) is 4.31 Å². The largest absolute Gasteiger partial charge is 0.389 e. The van der Waals surface area contributed by atoms with E-state index in [4.69, 9.17) is 29.6 Å². The summed E-state index contributed by atoms with van der Waals surface area (Å²) in [7, 11) is -2.33. The first-order valence-corrected chi connectivity index (χ1v) is 8.09. The molecule has 21 heavy (non-hydrogen) atoms. The first-order valence-electron chi connectivity index (χ1n) is 5.86. The maximum atomic E-state index is 12.6. The summed E-state index contributed by atoms with van der Waals surface area (Å²) in [6, 6.07) is 4.42. The zero-order valence-corrected chi connectivity index (χ0v) is 13.5. The highest BCUT2D eigenvalue weighted by Gasteiger charge is 2.25. The van der Waals surface area contributed by atoms with Gasteiger partial charge in [0, 0.05) is 25.0 Å². The van der Waals surface area contributed by atoms with E-state index in [2.05, 4.69) is 9.97 Å². The maximum absolute atomic E-state index is 12.6. The number of aromatic nitrogens is 2. The molecule has 9 heteroatoms. The number of nitrogens with one attached hydrogen (secondary N) is 1. The van der Waals surface area contributed by atoms with Crippen LogP contribution in [0.3, 0.4) is 0 Å². The molecule has 3 N–H and O–H groups in total. The number of halogens is 1. The number of hydrogen-bond acceptors (Lipinski definition) is 4. The molecule has 0 unspecified atom stereocenters. The summed E-state index contributed by atoms with van der Waals surface area (Å²) in [6.07, 6.45) is 3.17. The number of benzene rings is 1. The van der Waals surface area contributed by atoms with Crippen LogP contribution in [0.25, 0.3) is 0 Å². The molecule has 0 atom stereocenters. The van der Waals surface area contributed by atoms with E-state index >= 15 is 0 Å². The van der Waals surface area contributed by atoms with Crippen LogP contribution in [-0.4, -0.2) is 34.7 Å². The van der Waals surface area contributed by atoms with Gasteiger partial charge in [0.25, 0.3) is 0 Å². The van der Waals surface area contributed by atoms with Crippen LogP contribution in [0.2, 0.25) is 5.02 Å². The molecule has 2 aromatic rings. The average Bonchev–Trinajstić information content (AvgIpc) is 2.91. The topological polar surface area (TPSA) is 92.1 Å². The summed E-state index contributed by atoms with van der Waals surface area (Å²) >= 11 is 10.9. The molecule has 6 nitrogen and oxygen atoms in total. The fraction of sp³-hybridized carbons (Fsp3) is 0.167. The molecule has 1 heterocycles. The number of thiocarbonyl (C=S) groups is 1. The molecule has 0 aliphatic heterocycles.